The van der Waals surface area contributed by atoms with Gasteiger partial charge in [0.05, 0.1) is 42.0 Å². The number of carbonyl (C=O) groups excluding carboxylic acids is 8. The lowest BCUT2D eigenvalue weighted by Gasteiger charge is -2.26. The highest BCUT2D eigenvalue weighted by Gasteiger charge is 2.24. The third kappa shape index (κ3) is 30.9. The van der Waals surface area contributed by atoms with Crippen LogP contribution in [0, 0.1) is 0 Å². The number of azo groups is 1. The van der Waals surface area contributed by atoms with Crippen molar-refractivity contribution in [2.24, 2.45) is 10.2 Å². The summed E-state index contributed by atoms with van der Waals surface area (Å²) >= 11 is 0. The number of carboxylic acid groups (broad SMARTS) is 3. The van der Waals surface area contributed by atoms with Gasteiger partial charge in [-0.3, -0.25) is 52.7 Å². The second-order valence-corrected chi connectivity index (χ2v) is 30.1. The second-order valence-electron chi connectivity index (χ2n) is 25.6. The minimum absolute atomic E-state index is 0.0395. The van der Waals surface area contributed by atoms with Crippen LogP contribution in [0.2, 0.25) is 0 Å². The monoisotopic (exact) mass is 1550 g/mol. The summed E-state index contributed by atoms with van der Waals surface area (Å²) in [6.45, 7) is 1.10. The molecule has 13 rings (SSSR count). The number of carbonyl (C=O) groups is 11. The largest absolute Gasteiger partial charge is 0.481 e. The van der Waals surface area contributed by atoms with Gasteiger partial charge in [0.25, 0.3) is 0 Å². The molecule has 7 amide bonds. The van der Waals surface area contributed by atoms with Crippen molar-refractivity contribution in [1.82, 2.24) is 26.2 Å². The fourth-order valence-electron chi connectivity index (χ4n) is 11.2. The van der Waals surface area contributed by atoms with Crippen LogP contribution < -0.4 is 50.7 Å². The molecule has 8 N–H and O–H groups in total. The number of amides is 7. The number of sulfonamides is 1. The maximum atomic E-state index is 14.3. The SMILES string of the molecule is CN(C)c1ccc(N=Nc2ccc(S(=O)(=O)NCCSSCCNOC(=O)CCC(=O)N3CCCCN(C(=O)CCNC(=O)CCC(=O)O)c4ccc(cc4)Cc4ccc(cc4)N(C(=O)CCNC(=O)CCC(=O)O)CCCCN(C(=O)CCNC(=O)CCC(=O)O)c4ccc(cc4)Cc4ccc3cc4)cc2)cc1. The van der Waals surface area contributed by atoms with Crippen LogP contribution in [0.25, 0.3) is 0 Å². The minimum atomic E-state index is -3.79. The van der Waals surface area contributed by atoms with Crippen LogP contribution in [0.15, 0.2) is 161 Å². The molecule has 0 spiro atoms. The Morgan fingerprint density at radius 3 is 1.06 bits per heavy atom. The van der Waals surface area contributed by atoms with E-state index in [9.17, 15) is 61.2 Å². The topological polar surface area (TPSA) is 393 Å². The molecule has 8 bridgehead atoms. The van der Waals surface area contributed by atoms with Crippen LogP contribution in [0.1, 0.15) is 119 Å². The number of hydrogen-bond donors (Lipinski definition) is 8. The molecule has 582 valence electrons. The number of benzene rings is 6. The maximum absolute atomic E-state index is 14.3. The first-order valence-corrected chi connectivity index (χ1v) is 39.8. The van der Waals surface area contributed by atoms with E-state index >= 15 is 0 Å². The van der Waals surface area contributed by atoms with Gasteiger partial charge < -0.3 is 60.6 Å². The molecule has 0 unspecified atom stereocenters. The lowest BCUT2D eigenvalue weighted by atomic mass is 10.0. The number of nitrogens with zero attached hydrogens (tertiary/aromatic N) is 7. The lowest BCUT2D eigenvalue weighted by Crippen LogP contribution is -2.37. The minimum Gasteiger partial charge on any atom is -0.481 e. The summed E-state index contributed by atoms with van der Waals surface area (Å²) < 4.78 is 28.6. The molecule has 7 aliphatic heterocycles. The van der Waals surface area contributed by atoms with Crippen molar-refractivity contribution in [1.29, 1.82) is 0 Å². The van der Waals surface area contributed by atoms with Gasteiger partial charge in [0.1, 0.15) is 0 Å². The molecular weight excluding hydrogens is 1460 g/mol. The molecule has 0 radical (unpaired) electrons. The van der Waals surface area contributed by atoms with Crippen LogP contribution in [0.3, 0.4) is 0 Å². The molecule has 7 aliphatic rings. The lowest BCUT2D eigenvalue weighted by molar-refractivity contribution is -0.151. The first-order chi connectivity index (χ1) is 52.4. The average Bonchev–Trinajstić information content (AvgIpc) is 0.851. The van der Waals surface area contributed by atoms with Crippen molar-refractivity contribution in [3.8, 4) is 0 Å². The normalized spacial score (nSPS) is 13.0. The number of anilines is 5. The Morgan fingerprint density at radius 2 is 0.725 bits per heavy atom. The van der Waals surface area contributed by atoms with Crippen molar-refractivity contribution in [3.63, 3.8) is 0 Å². The molecule has 0 aromatic heterocycles. The van der Waals surface area contributed by atoms with Gasteiger partial charge in [-0.1, -0.05) is 70.1 Å². The summed E-state index contributed by atoms with van der Waals surface area (Å²) in [5.74, 6) is -5.97. The second kappa shape index (κ2) is 45.3. The zero-order valence-electron chi connectivity index (χ0n) is 61.1. The number of aliphatic carboxylic acids is 3. The Bertz CT molecular complexity index is 4180. The van der Waals surface area contributed by atoms with E-state index in [1.807, 2.05) is 128 Å². The van der Waals surface area contributed by atoms with E-state index in [1.165, 1.54) is 33.7 Å². The maximum Gasteiger partial charge on any atom is 0.325 e. The molecule has 6 aromatic carbocycles. The summed E-state index contributed by atoms with van der Waals surface area (Å²) in [4.78, 5) is 154. The summed E-state index contributed by atoms with van der Waals surface area (Å²) in [6, 6.07) is 43.1. The molecule has 109 heavy (non-hydrogen) atoms. The van der Waals surface area contributed by atoms with Gasteiger partial charge in [0, 0.05) is 158 Å². The predicted molar refractivity (Wildman–Crippen MR) is 418 cm³/mol. The molecular formula is C77H94N12O17S3. The standard InChI is InChI=1S/C77H94N12O17S3/c1-85(2)61-27-15-59(16-28-61)83-84-60-17-29-66(30-18-60)109(104,105)82-46-52-108-107-51-45-81-106-77(103)38-34-70(93)86-47-3-4-48-87(71(94)39-42-78-67(90)31-35-74(97)98)63-21-11-57(12-22-63)54-58-13-25-65(26-14-58)89(73(96)41-44-80-69(92)33-37-76(101)102)50-6-5-49-88(72(95)40-43-79-68(91)32-36-75(99)100)64-23-9-56(10-24-64)53-55-7-19-62(86)20-8-55/h7-30,81-82H,3-6,31-54H2,1-2H3,(H,78,90)(H,79,91)(H,80,92)(H,97,98)(H,99,100)(H,101,102). The summed E-state index contributed by atoms with van der Waals surface area (Å²) in [5.41, 5.74) is 10.6. The summed E-state index contributed by atoms with van der Waals surface area (Å²) in [7, 11) is 2.96. The Kier molecular flexibility index (Phi) is 35.6. The van der Waals surface area contributed by atoms with Gasteiger partial charge in [-0.05, 0) is 158 Å². The highest BCUT2D eigenvalue weighted by Crippen LogP contribution is 2.28. The van der Waals surface area contributed by atoms with E-state index in [0.29, 0.717) is 84.2 Å². The van der Waals surface area contributed by atoms with Crippen LogP contribution in [0.4, 0.5) is 39.8 Å². The van der Waals surface area contributed by atoms with Gasteiger partial charge in [-0.25, -0.2) is 13.1 Å². The molecule has 0 fully saturated rings. The van der Waals surface area contributed by atoms with E-state index in [0.717, 1.165) is 27.9 Å². The smallest absolute Gasteiger partial charge is 0.325 e. The van der Waals surface area contributed by atoms with Crippen LogP contribution in [0.5, 0.6) is 0 Å². The van der Waals surface area contributed by atoms with Gasteiger partial charge in [0.15, 0.2) is 0 Å². The Balaban J connectivity index is 1.02. The first kappa shape index (κ1) is 85.7. The van der Waals surface area contributed by atoms with Gasteiger partial charge in [-0.15, -0.1) is 0 Å². The number of rotatable bonds is 34. The van der Waals surface area contributed by atoms with Gasteiger partial charge in [-0.2, -0.15) is 15.7 Å². The van der Waals surface area contributed by atoms with E-state index in [-0.39, 0.29) is 158 Å². The Morgan fingerprint density at radius 1 is 0.404 bits per heavy atom. The van der Waals surface area contributed by atoms with Crippen LogP contribution in [-0.4, -0.2) is 173 Å². The number of nitrogens with one attached hydrogen (secondary N) is 5. The zero-order chi connectivity index (χ0) is 78.5. The fraction of sp³-hybridized carbons (Fsp3) is 0.390. The van der Waals surface area contributed by atoms with Crippen molar-refractivity contribution in [3.05, 3.63) is 168 Å². The highest BCUT2D eigenvalue weighted by atomic mass is 33.1. The highest BCUT2D eigenvalue weighted by molar-refractivity contribution is 8.76. The van der Waals surface area contributed by atoms with E-state index in [2.05, 4.69) is 36.4 Å². The fourth-order valence-corrected chi connectivity index (χ4v) is 14.2. The van der Waals surface area contributed by atoms with Gasteiger partial charge >= 0.3 is 23.9 Å². The number of hydroxylamine groups is 1. The average molecular weight is 1560 g/mol. The quantitative estimate of drug-likeness (QED) is 0.00807. The Labute approximate surface area is 641 Å². The molecule has 0 saturated carbocycles. The van der Waals surface area contributed by atoms with Crippen molar-refractivity contribution < 1.29 is 81.3 Å². The third-order valence-electron chi connectivity index (χ3n) is 17.1. The zero-order valence-corrected chi connectivity index (χ0v) is 63.5. The van der Waals surface area contributed by atoms with E-state index < -0.39 is 51.6 Å². The molecule has 29 nitrogen and oxygen atoms in total. The van der Waals surface area contributed by atoms with Gasteiger partial charge in [0.2, 0.25) is 51.4 Å². The molecule has 6 aromatic rings. The molecule has 0 saturated heterocycles. The van der Waals surface area contributed by atoms with Crippen LogP contribution in [-0.2, 0) is 80.4 Å². The van der Waals surface area contributed by atoms with Crippen molar-refractivity contribution in [2.45, 2.75) is 114 Å². The molecule has 0 atom stereocenters. The first-order valence-electron chi connectivity index (χ1n) is 35.9. The van der Waals surface area contributed by atoms with Crippen LogP contribution >= 0.6 is 21.6 Å². The van der Waals surface area contributed by atoms with E-state index in [1.54, 1.807) is 43.9 Å². The molecule has 32 heteroatoms. The summed E-state index contributed by atoms with van der Waals surface area (Å²) in [5, 5.41) is 43.6. The van der Waals surface area contributed by atoms with E-state index in [4.69, 9.17) is 20.2 Å². The number of carboxylic acids is 3. The van der Waals surface area contributed by atoms with Crippen molar-refractivity contribution >= 4 is 137 Å². The number of hydrogen-bond acceptors (Lipinski definition) is 20. The third-order valence-corrected chi connectivity index (χ3v) is 21.0. The molecule has 7 heterocycles. The predicted octanol–water partition coefficient (Wildman–Crippen LogP) is 9.26. The Hall–Kier alpha value is -10.5. The molecule has 0 aliphatic carbocycles. The summed E-state index contributed by atoms with van der Waals surface area (Å²) in [6.07, 6.45) is -0.136. The van der Waals surface area contributed by atoms with Crippen molar-refractivity contribution in [2.75, 3.05) is 109 Å².